The van der Waals surface area contributed by atoms with Crippen LogP contribution >= 0.6 is 22.9 Å². The van der Waals surface area contributed by atoms with Gasteiger partial charge < -0.3 is 10.6 Å². The number of carbonyl (C=O) groups excluding carboxylic acids is 1. The number of hydrogen-bond acceptors (Lipinski definition) is 5. The van der Waals surface area contributed by atoms with E-state index in [1.165, 1.54) is 11.3 Å². The van der Waals surface area contributed by atoms with Crippen molar-refractivity contribution in [3.05, 3.63) is 76.1 Å². The van der Waals surface area contributed by atoms with E-state index in [1.807, 2.05) is 18.2 Å². The average Bonchev–Trinajstić information content (AvgIpc) is 3.16. The van der Waals surface area contributed by atoms with Crippen LogP contribution in [0.4, 0.5) is 10.2 Å². The lowest BCUT2D eigenvalue weighted by atomic mass is 9.97. The van der Waals surface area contributed by atoms with Crippen molar-refractivity contribution in [1.82, 2.24) is 15.3 Å². The number of carbonyl (C=O) groups is 1. The Balaban J connectivity index is 1.44. The predicted molar refractivity (Wildman–Crippen MR) is 122 cm³/mol. The number of rotatable bonds is 5. The molecule has 3 heterocycles. The fourth-order valence-corrected chi connectivity index (χ4v) is 4.55. The minimum absolute atomic E-state index is 0.0839. The van der Waals surface area contributed by atoms with Gasteiger partial charge in [-0.15, -0.1) is 11.3 Å². The van der Waals surface area contributed by atoms with Crippen molar-refractivity contribution < 1.29 is 9.18 Å². The molecule has 8 heteroatoms. The zero-order valence-corrected chi connectivity index (χ0v) is 17.9. The summed E-state index contributed by atoms with van der Waals surface area (Å²) in [5.41, 5.74) is 4.92. The molecule has 0 saturated carbocycles. The van der Waals surface area contributed by atoms with Crippen LogP contribution in [-0.4, -0.2) is 28.5 Å². The number of anilines is 1. The molecule has 1 aliphatic heterocycles. The van der Waals surface area contributed by atoms with Crippen molar-refractivity contribution in [1.29, 1.82) is 0 Å². The molecule has 2 N–H and O–H groups in total. The Morgan fingerprint density at radius 3 is 2.84 bits per heavy atom. The number of benzene rings is 2. The standard InChI is InChI=1S/C23H18ClFN4OS/c24-16-3-1-2-14(9-16)20-21(25)15(10-18-22(20)28-12-31-18)8-13-4-5-19(27-11-13)29-23(30)17-6-7-26-17/h1-5,9-12,17,26H,6-8H2,(H,27,29,30)/t17-/m1/s1. The van der Waals surface area contributed by atoms with Crippen molar-refractivity contribution in [2.45, 2.75) is 18.9 Å². The molecule has 4 aromatic rings. The predicted octanol–water partition coefficient (Wildman–Crippen LogP) is 5.04. The van der Waals surface area contributed by atoms with Crippen LogP contribution in [0.3, 0.4) is 0 Å². The fourth-order valence-electron chi connectivity index (χ4n) is 3.62. The smallest absolute Gasteiger partial charge is 0.242 e. The van der Waals surface area contributed by atoms with Gasteiger partial charge in [0.1, 0.15) is 11.6 Å². The second kappa shape index (κ2) is 8.34. The normalized spacial score (nSPS) is 15.6. The summed E-state index contributed by atoms with van der Waals surface area (Å²) in [5, 5.41) is 6.40. The van der Waals surface area contributed by atoms with Gasteiger partial charge in [0, 0.05) is 23.2 Å². The van der Waals surface area contributed by atoms with Gasteiger partial charge in [-0.2, -0.15) is 0 Å². The minimum atomic E-state index is -0.311. The molecule has 2 aromatic carbocycles. The van der Waals surface area contributed by atoms with Crippen LogP contribution in [0, 0.1) is 5.82 Å². The first-order valence-electron chi connectivity index (χ1n) is 9.88. The van der Waals surface area contributed by atoms with Crippen LogP contribution in [0.1, 0.15) is 17.5 Å². The molecule has 5 rings (SSSR count). The highest BCUT2D eigenvalue weighted by Gasteiger charge is 2.24. The summed E-state index contributed by atoms with van der Waals surface area (Å²) < 4.78 is 16.5. The molecule has 1 aliphatic rings. The number of pyridine rings is 1. The number of nitrogens with zero attached hydrogens (tertiary/aromatic N) is 2. The van der Waals surface area contributed by atoms with Crippen LogP contribution in [-0.2, 0) is 11.2 Å². The van der Waals surface area contributed by atoms with E-state index in [4.69, 9.17) is 11.6 Å². The van der Waals surface area contributed by atoms with Crippen LogP contribution in [0.25, 0.3) is 21.3 Å². The second-order valence-electron chi connectivity index (χ2n) is 7.45. The molecule has 1 atom stereocenters. The highest BCUT2D eigenvalue weighted by Crippen LogP contribution is 2.36. The molecule has 5 nitrogen and oxygen atoms in total. The molecule has 1 amide bonds. The number of nitrogens with one attached hydrogen (secondary N) is 2. The van der Waals surface area contributed by atoms with Gasteiger partial charge in [0.2, 0.25) is 5.91 Å². The van der Waals surface area contributed by atoms with E-state index >= 15 is 4.39 Å². The van der Waals surface area contributed by atoms with Gasteiger partial charge in [-0.3, -0.25) is 4.79 Å². The lowest BCUT2D eigenvalue weighted by Gasteiger charge is -2.25. The maximum Gasteiger partial charge on any atom is 0.242 e. The van der Waals surface area contributed by atoms with Crippen molar-refractivity contribution in [2.24, 2.45) is 0 Å². The maximum atomic E-state index is 15.6. The minimum Gasteiger partial charge on any atom is -0.309 e. The topological polar surface area (TPSA) is 66.9 Å². The number of amides is 1. The lowest BCUT2D eigenvalue weighted by Crippen LogP contribution is -2.50. The van der Waals surface area contributed by atoms with E-state index in [1.54, 1.807) is 36.0 Å². The number of hydrogen-bond donors (Lipinski definition) is 2. The van der Waals surface area contributed by atoms with Crippen LogP contribution in [0.15, 0.2) is 54.2 Å². The first-order valence-corrected chi connectivity index (χ1v) is 11.1. The van der Waals surface area contributed by atoms with E-state index in [-0.39, 0.29) is 17.8 Å². The zero-order valence-electron chi connectivity index (χ0n) is 16.4. The molecule has 1 saturated heterocycles. The van der Waals surface area contributed by atoms with Gasteiger partial charge >= 0.3 is 0 Å². The van der Waals surface area contributed by atoms with Crippen LogP contribution in [0.2, 0.25) is 5.02 Å². The Labute approximate surface area is 187 Å². The molecular formula is C23H18ClFN4OS. The molecule has 0 bridgehead atoms. The Morgan fingerprint density at radius 2 is 2.13 bits per heavy atom. The van der Waals surface area contributed by atoms with Crippen molar-refractivity contribution in [3.8, 4) is 11.1 Å². The van der Waals surface area contributed by atoms with Gasteiger partial charge in [0.05, 0.1) is 21.8 Å². The van der Waals surface area contributed by atoms with Crippen LogP contribution in [0.5, 0.6) is 0 Å². The molecule has 1 fully saturated rings. The quantitative estimate of drug-likeness (QED) is 0.445. The first-order chi connectivity index (χ1) is 15.1. The summed E-state index contributed by atoms with van der Waals surface area (Å²) in [7, 11) is 0. The first kappa shape index (κ1) is 20.1. The summed E-state index contributed by atoms with van der Waals surface area (Å²) in [6.07, 6.45) is 2.87. The molecule has 0 unspecified atom stereocenters. The molecule has 0 radical (unpaired) electrons. The average molecular weight is 453 g/mol. The van der Waals surface area contributed by atoms with Crippen molar-refractivity contribution in [2.75, 3.05) is 11.9 Å². The monoisotopic (exact) mass is 452 g/mol. The third-order valence-electron chi connectivity index (χ3n) is 5.36. The molecule has 0 aliphatic carbocycles. The second-order valence-corrected chi connectivity index (χ2v) is 8.77. The lowest BCUT2D eigenvalue weighted by molar-refractivity contribution is -0.119. The molecule has 2 aromatic heterocycles. The van der Waals surface area contributed by atoms with E-state index in [2.05, 4.69) is 20.6 Å². The Bertz CT molecular complexity index is 1270. The highest BCUT2D eigenvalue weighted by atomic mass is 35.5. The number of thiazole rings is 1. The number of halogens is 2. The summed E-state index contributed by atoms with van der Waals surface area (Å²) in [5.74, 6) is 0.0916. The molecule has 31 heavy (non-hydrogen) atoms. The third-order valence-corrected chi connectivity index (χ3v) is 6.37. The van der Waals surface area contributed by atoms with Gasteiger partial charge in [-0.1, -0.05) is 29.8 Å². The Kier molecular flexibility index (Phi) is 5.40. The van der Waals surface area contributed by atoms with E-state index in [0.717, 1.165) is 23.2 Å². The largest absolute Gasteiger partial charge is 0.309 e. The van der Waals surface area contributed by atoms with Gasteiger partial charge in [-0.25, -0.2) is 14.4 Å². The van der Waals surface area contributed by atoms with Crippen molar-refractivity contribution >= 4 is 44.9 Å². The van der Waals surface area contributed by atoms with Crippen molar-refractivity contribution in [3.63, 3.8) is 0 Å². The van der Waals surface area contributed by atoms with Gasteiger partial charge in [-0.05, 0) is 53.9 Å². The Morgan fingerprint density at radius 1 is 1.26 bits per heavy atom. The Hall–Kier alpha value is -2.87. The zero-order chi connectivity index (χ0) is 21.4. The highest BCUT2D eigenvalue weighted by molar-refractivity contribution is 7.16. The van der Waals surface area contributed by atoms with E-state index in [9.17, 15) is 4.79 Å². The van der Waals surface area contributed by atoms with Gasteiger partial charge in [0.15, 0.2) is 0 Å². The molecule has 156 valence electrons. The molecule has 0 spiro atoms. The van der Waals surface area contributed by atoms with Crippen LogP contribution < -0.4 is 10.6 Å². The third kappa shape index (κ3) is 4.04. The molecular weight excluding hydrogens is 435 g/mol. The SMILES string of the molecule is O=C(Nc1ccc(Cc2cc3scnc3c(-c3cccc(Cl)c3)c2F)cn1)[C@H]1CCN1. The summed E-state index contributed by atoms with van der Waals surface area (Å²) in [4.78, 5) is 20.7. The van der Waals surface area contributed by atoms with Gasteiger partial charge in [0.25, 0.3) is 0 Å². The summed E-state index contributed by atoms with van der Waals surface area (Å²) >= 11 is 7.62. The number of fused-ring (bicyclic) bond motifs is 1. The summed E-state index contributed by atoms with van der Waals surface area (Å²) in [6, 6.07) is 12.4. The summed E-state index contributed by atoms with van der Waals surface area (Å²) in [6.45, 7) is 0.858. The van der Waals surface area contributed by atoms with E-state index < -0.39 is 0 Å². The maximum absolute atomic E-state index is 15.6. The fraction of sp³-hybridized carbons (Fsp3) is 0.174. The van der Waals surface area contributed by atoms with E-state index in [0.29, 0.717) is 39.5 Å². The number of aromatic nitrogens is 2.